The standard InChI is InChI=1S/C12H15F3N2O3/c1-8-2-4-9(5-3-8)16-10(20)17-11(6-18,7-19)12(13,14)15/h2-5,18-19H,6-7H2,1H3,(H2,16,17,20). The van der Waals surface area contributed by atoms with Crippen LogP contribution in [0.4, 0.5) is 23.7 Å². The number of rotatable bonds is 4. The molecule has 1 aromatic carbocycles. The van der Waals surface area contributed by atoms with Crippen molar-refractivity contribution in [3.8, 4) is 0 Å². The van der Waals surface area contributed by atoms with E-state index in [1.165, 1.54) is 12.1 Å². The molecule has 1 aromatic rings. The number of halogens is 3. The van der Waals surface area contributed by atoms with Crippen molar-refractivity contribution in [2.24, 2.45) is 0 Å². The van der Waals surface area contributed by atoms with Gasteiger partial charge in [0.05, 0.1) is 13.2 Å². The topological polar surface area (TPSA) is 81.6 Å². The summed E-state index contributed by atoms with van der Waals surface area (Å²) in [6, 6.07) is 5.20. The number of urea groups is 1. The third kappa shape index (κ3) is 3.61. The molecule has 0 atom stereocenters. The highest BCUT2D eigenvalue weighted by Gasteiger charge is 2.55. The molecule has 0 unspecified atom stereocenters. The molecule has 0 radical (unpaired) electrons. The Bertz CT molecular complexity index is 456. The summed E-state index contributed by atoms with van der Waals surface area (Å²) in [5.41, 5.74) is -1.87. The first kappa shape index (κ1) is 16.3. The monoisotopic (exact) mass is 292 g/mol. The maximum Gasteiger partial charge on any atom is 0.416 e. The summed E-state index contributed by atoms with van der Waals surface area (Å²) >= 11 is 0. The van der Waals surface area contributed by atoms with Gasteiger partial charge in [-0.15, -0.1) is 0 Å². The smallest absolute Gasteiger partial charge is 0.393 e. The van der Waals surface area contributed by atoms with Crippen LogP contribution in [0.2, 0.25) is 0 Å². The van der Waals surface area contributed by atoms with Crippen LogP contribution in [0.25, 0.3) is 0 Å². The van der Waals surface area contributed by atoms with E-state index in [-0.39, 0.29) is 0 Å². The number of aliphatic hydroxyl groups is 2. The first-order valence-corrected chi connectivity index (χ1v) is 5.68. The fourth-order valence-corrected chi connectivity index (χ4v) is 1.40. The highest BCUT2D eigenvalue weighted by molar-refractivity contribution is 5.89. The van der Waals surface area contributed by atoms with Crippen molar-refractivity contribution in [1.82, 2.24) is 5.32 Å². The number of anilines is 1. The number of hydrogen-bond donors (Lipinski definition) is 4. The van der Waals surface area contributed by atoms with E-state index in [0.717, 1.165) is 5.56 Å². The van der Waals surface area contributed by atoms with Crippen molar-refractivity contribution in [3.63, 3.8) is 0 Å². The normalized spacial score (nSPS) is 12.1. The largest absolute Gasteiger partial charge is 0.416 e. The zero-order valence-electron chi connectivity index (χ0n) is 10.7. The molecule has 0 saturated carbocycles. The summed E-state index contributed by atoms with van der Waals surface area (Å²) < 4.78 is 38.3. The van der Waals surface area contributed by atoms with Gasteiger partial charge in [0, 0.05) is 5.69 Å². The Hall–Kier alpha value is -1.80. The van der Waals surface area contributed by atoms with Gasteiger partial charge in [0.1, 0.15) is 0 Å². The second-order valence-corrected chi connectivity index (χ2v) is 4.34. The summed E-state index contributed by atoms with van der Waals surface area (Å²) in [7, 11) is 0. The second kappa shape index (κ2) is 6.10. The fraction of sp³-hybridized carbons (Fsp3) is 0.417. The molecule has 0 saturated heterocycles. The van der Waals surface area contributed by atoms with Crippen LogP contribution in [0.5, 0.6) is 0 Å². The van der Waals surface area contributed by atoms with Crippen molar-refractivity contribution in [1.29, 1.82) is 0 Å². The van der Waals surface area contributed by atoms with Gasteiger partial charge in [0.2, 0.25) is 0 Å². The number of hydrogen-bond acceptors (Lipinski definition) is 3. The van der Waals surface area contributed by atoms with Crippen molar-refractivity contribution in [3.05, 3.63) is 29.8 Å². The SMILES string of the molecule is Cc1ccc(NC(=O)NC(CO)(CO)C(F)(F)F)cc1. The maximum atomic E-state index is 12.8. The molecule has 1 rings (SSSR count). The molecule has 20 heavy (non-hydrogen) atoms. The Morgan fingerprint density at radius 1 is 1.15 bits per heavy atom. The zero-order chi connectivity index (χ0) is 15.4. The van der Waals surface area contributed by atoms with Crippen LogP contribution in [-0.4, -0.2) is 41.2 Å². The van der Waals surface area contributed by atoms with Crippen molar-refractivity contribution in [2.45, 2.75) is 18.6 Å². The minimum Gasteiger partial charge on any atom is -0.393 e. The van der Waals surface area contributed by atoms with Gasteiger partial charge in [0.25, 0.3) is 0 Å². The fourth-order valence-electron chi connectivity index (χ4n) is 1.40. The molecular weight excluding hydrogens is 277 g/mol. The van der Waals surface area contributed by atoms with Crippen molar-refractivity contribution < 1.29 is 28.2 Å². The van der Waals surface area contributed by atoms with E-state index < -0.39 is 31.0 Å². The van der Waals surface area contributed by atoms with E-state index in [4.69, 9.17) is 10.2 Å². The van der Waals surface area contributed by atoms with Gasteiger partial charge in [-0.3, -0.25) is 0 Å². The van der Waals surface area contributed by atoms with E-state index in [2.05, 4.69) is 5.32 Å². The quantitative estimate of drug-likeness (QED) is 0.677. The minimum absolute atomic E-state index is 0.292. The van der Waals surface area contributed by atoms with E-state index in [0.29, 0.717) is 5.69 Å². The Balaban J connectivity index is 2.80. The number of carbonyl (C=O) groups is 1. The van der Waals surface area contributed by atoms with E-state index in [1.807, 2.05) is 6.92 Å². The molecule has 0 heterocycles. The number of nitrogens with one attached hydrogen (secondary N) is 2. The summed E-state index contributed by atoms with van der Waals surface area (Å²) in [4.78, 5) is 11.5. The highest BCUT2D eigenvalue weighted by Crippen LogP contribution is 2.29. The lowest BCUT2D eigenvalue weighted by Gasteiger charge is -2.32. The third-order valence-corrected chi connectivity index (χ3v) is 2.74. The first-order chi connectivity index (χ1) is 9.24. The molecular formula is C12H15F3N2O3. The van der Waals surface area contributed by atoms with Gasteiger partial charge in [-0.1, -0.05) is 17.7 Å². The van der Waals surface area contributed by atoms with E-state index in [1.54, 1.807) is 17.4 Å². The van der Waals surface area contributed by atoms with Gasteiger partial charge >= 0.3 is 12.2 Å². The predicted molar refractivity (Wildman–Crippen MR) is 66.3 cm³/mol. The van der Waals surface area contributed by atoms with Gasteiger partial charge in [-0.2, -0.15) is 13.2 Å². The van der Waals surface area contributed by atoms with Crippen LogP contribution >= 0.6 is 0 Å². The predicted octanol–water partition coefficient (Wildman–Crippen LogP) is 1.40. The lowest BCUT2D eigenvalue weighted by molar-refractivity contribution is -0.212. The Morgan fingerprint density at radius 3 is 2.05 bits per heavy atom. The van der Waals surface area contributed by atoms with Crippen molar-refractivity contribution in [2.75, 3.05) is 18.5 Å². The Labute approximate surface area is 113 Å². The molecule has 0 bridgehead atoms. The highest BCUT2D eigenvalue weighted by atomic mass is 19.4. The van der Waals surface area contributed by atoms with Crippen LogP contribution < -0.4 is 10.6 Å². The Morgan fingerprint density at radius 2 is 1.65 bits per heavy atom. The average Bonchev–Trinajstić information content (AvgIpc) is 2.37. The van der Waals surface area contributed by atoms with Gasteiger partial charge in [0.15, 0.2) is 5.54 Å². The second-order valence-electron chi connectivity index (χ2n) is 4.34. The molecule has 0 aliphatic rings. The minimum atomic E-state index is -4.99. The molecule has 8 heteroatoms. The van der Waals surface area contributed by atoms with Crippen LogP contribution in [0.1, 0.15) is 5.56 Å². The summed E-state index contributed by atoms with van der Waals surface area (Å²) in [6.45, 7) is -1.11. The van der Waals surface area contributed by atoms with E-state index in [9.17, 15) is 18.0 Å². The number of alkyl halides is 3. The molecule has 0 fully saturated rings. The van der Waals surface area contributed by atoms with Crippen LogP contribution in [0.3, 0.4) is 0 Å². The molecule has 112 valence electrons. The number of carbonyl (C=O) groups excluding carboxylic acids is 1. The van der Waals surface area contributed by atoms with Crippen LogP contribution in [0.15, 0.2) is 24.3 Å². The first-order valence-electron chi connectivity index (χ1n) is 5.68. The molecule has 0 aliphatic carbocycles. The van der Waals surface area contributed by atoms with Gasteiger partial charge < -0.3 is 20.8 Å². The van der Waals surface area contributed by atoms with Crippen LogP contribution in [0, 0.1) is 6.92 Å². The van der Waals surface area contributed by atoms with E-state index >= 15 is 0 Å². The molecule has 5 nitrogen and oxygen atoms in total. The Kier molecular flexibility index (Phi) is 4.96. The number of benzene rings is 1. The molecule has 2 amide bonds. The number of aryl methyl sites for hydroxylation is 1. The number of amides is 2. The van der Waals surface area contributed by atoms with Crippen molar-refractivity contribution >= 4 is 11.7 Å². The average molecular weight is 292 g/mol. The van der Waals surface area contributed by atoms with Crippen LogP contribution in [-0.2, 0) is 0 Å². The zero-order valence-corrected chi connectivity index (χ0v) is 10.7. The lowest BCUT2D eigenvalue weighted by atomic mass is 10.0. The molecule has 4 N–H and O–H groups in total. The molecule has 0 spiro atoms. The lowest BCUT2D eigenvalue weighted by Crippen LogP contribution is -2.64. The summed E-state index contributed by atoms with van der Waals surface area (Å²) in [5.74, 6) is 0. The van der Waals surface area contributed by atoms with Gasteiger partial charge in [-0.05, 0) is 19.1 Å². The molecule has 0 aromatic heterocycles. The maximum absolute atomic E-state index is 12.8. The summed E-state index contributed by atoms with van der Waals surface area (Å²) in [6.07, 6.45) is -4.99. The third-order valence-electron chi connectivity index (χ3n) is 2.74. The number of aliphatic hydroxyl groups excluding tert-OH is 2. The summed E-state index contributed by atoms with van der Waals surface area (Å²) in [5, 5.41) is 21.4. The van der Waals surface area contributed by atoms with Gasteiger partial charge in [-0.25, -0.2) is 4.79 Å². The molecule has 0 aliphatic heterocycles.